The highest BCUT2D eigenvalue weighted by molar-refractivity contribution is 5.89. The molecule has 6 nitrogen and oxygen atoms in total. The van der Waals surface area contributed by atoms with Gasteiger partial charge in [0.1, 0.15) is 17.7 Å². The Labute approximate surface area is 232 Å². The van der Waals surface area contributed by atoms with Crippen LogP contribution in [0.3, 0.4) is 0 Å². The largest absolute Gasteiger partial charge is 0.496 e. The second-order valence-electron chi connectivity index (χ2n) is 10.1. The summed E-state index contributed by atoms with van der Waals surface area (Å²) in [4.78, 5) is 26.1. The Balaban J connectivity index is 1.53. The number of hydrogen-bond donors (Lipinski definition) is 1. The molecule has 0 aromatic heterocycles. The molecule has 0 saturated carbocycles. The molecule has 40 heavy (non-hydrogen) atoms. The van der Waals surface area contributed by atoms with Crippen molar-refractivity contribution in [3.63, 3.8) is 0 Å². The predicted octanol–water partition coefficient (Wildman–Crippen LogP) is 7.57. The maximum absolute atomic E-state index is 13.9. The Bertz CT molecular complexity index is 1610. The number of amides is 1. The number of carbonyl (C=O) groups excluding carboxylic acids is 1. The van der Waals surface area contributed by atoms with Crippen molar-refractivity contribution in [2.45, 2.75) is 39.5 Å². The number of carboxylic acids is 1. The SMILES string of the molecule is COc1ccc(-c2ccc(C(=O)O)cc2C)cc1-c1ccc(C)cc1CN1C(=O)O[C@H](c2cccc(F)c2)[C@@H]1C. The minimum Gasteiger partial charge on any atom is -0.496 e. The van der Waals surface area contributed by atoms with Crippen LogP contribution in [0.25, 0.3) is 22.3 Å². The maximum Gasteiger partial charge on any atom is 0.411 e. The number of ether oxygens (including phenoxy) is 2. The van der Waals surface area contributed by atoms with Gasteiger partial charge in [-0.1, -0.05) is 48.0 Å². The van der Waals surface area contributed by atoms with Crippen LogP contribution < -0.4 is 4.74 Å². The highest BCUT2D eigenvalue weighted by Crippen LogP contribution is 2.40. The van der Waals surface area contributed by atoms with E-state index in [1.807, 2.05) is 63.2 Å². The second kappa shape index (κ2) is 10.8. The first-order valence-electron chi connectivity index (χ1n) is 13.0. The number of methoxy groups -OCH3 is 1. The highest BCUT2D eigenvalue weighted by atomic mass is 19.1. The van der Waals surface area contributed by atoms with Crippen molar-refractivity contribution in [2.24, 2.45) is 0 Å². The topological polar surface area (TPSA) is 76.1 Å². The van der Waals surface area contributed by atoms with Crippen molar-refractivity contribution in [2.75, 3.05) is 7.11 Å². The van der Waals surface area contributed by atoms with Gasteiger partial charge in [-0.15, -0.1) is 0 Å². The summed E-state index contributed by atoms with van der Waals surface area (Å²) >= 11 is 0. The predicted molar refractivity (Wildman–Crippen MR) is 151 cm³/mol. The number of halogens is 1. The molecule has 2 atom stereocenters. The molecule has 1 aliphatic heterocycles. The third-order valence-corrected chi connectivity index (χ3v) is 7.44. The van der Waals surface area contributed by atoms with Gasteiger partial charge in [0.05, 0.1) is 25.3 Å². The number of cyclic esters (lactones) is 1. The number of aromatic carboxylic acids is 1. The summed E-state index contributed by atoms with van der Waals surface area (Å²) in [5.41, 5.74) is 7.22. The second-order valence-corrected chi connectivity index (χ2v) is 10.1. The van der Waals surface area contributed by atoms with Crippen LogP contribution >= 0.6 is 0 Å². The summed E-state index contributed by atoms with van der Waals surface area (Å²) < 4.78 is 25.3. The highest BCUT2D eigenvalue weighted by Gasteiger charge is 2.40. The van der Waals surface area contributed by atoms with E-state index in [0.717, 1.165) is 38.9 Å². The van der Waals surface area contributed by atoms with E-state index in [1.165, 1.54) is 12.1 Å². The number of carboxylic acid groups (broad SMARTS) is 1. The Kier molecular flexibility index (Phi) is 7.30. The van der Waals surface area contributed by atoms with Crippen molar-refractivity contribution in [1.29, 1.82) is 0 Å². The monoisotopic (exact) mass is 539 g/mol. The number of carbonyl (C=O) groups is 2. The number of rotatable bonds is 7. The van der Waals surface area contributed by atoms with E-state index < -0.39 is 18.2 Å². The molecule has 1 fully saturated rings. The van der Waals surface area contributed by atoms with Gasteiger partial charge in [0.15, 0.2) is 0 Å². The lowest BCUT2D eigenvalue weighted by atomic mass is 9.92. The van der Waals surface area contributed by atoms with E-state index in [4.69, 9.17) is 9.47 Å². The fraction of sp³-hybridized carbons (Fsp3) is 0.212. The van der Waals surface area contributed by atoms with Gasteiger partial charge in [0.2, 0.25) is 0 Å². The lowest BCUT2D eigenvalue weighted by molar-refractivity contribution is 0.0696. The quantitative estimate of drug-likeness (QED) is 0.262. The van der Waals surface area contributed by atoms with Gasteiger partial charge in [-0.2, -0.15) is 0 Å². The van der Waals surface area contributed by atoms with Crippen LogP contribution in [0.15, 0.2) is 78.9 Å². The van der Waals surface area contributed by atoms with E-state index in [2.05, 4.69) is 0 Å². The van der Waals surface area contributed by atoms with Crippen molar-refractivity contribution < 1.29 is 28.6 Å². The van der Waals surface area contributed by atoms with Gasteiger partial charge in [0.25, 0.3) is 0 Å². The lowest BCUT2D eigenvalue weighted by Crippen LogP contribution is -2.31. The van der Waals surface area contributed by atoms with Crippen LogP contribution in [0.4, 0.5) is 9.18 Å². The van der Waals surface area contributed by atoms with E-state index in [-0.39, 0.29) is 17.4 Å². The van der Waals surface area contributed by atoms with E-state index in [1.54, 1.807) is 36.3 Å². The smallest absolute Gasteiger partial charge is 0.411 e. The molecule has 4 aromatic carbocycles. The molecule has 0 aliphatic carbocycles. The van der Waals surface area contributed by atoms with Gasteiger partial charge < -0.3 is 14.6 Å². The van der Waals surface area contributed by atoms with Gasteiger partial charge in [0, 0.05) is 5.56 Å². The first-order chi connectivity index (χ1) is 19.2. The summed E-state index contributed by atoms with van der Waals surface area (Å²) in [6, 6.07) is 22.8. The van der Waals surface area contributed by atoms with Crippen molar-refractivity contribution in [3.8, 4) is 28.0 Å². The minimum atomic E-state index is -0.969. The first kappa shape index (κ1) is 26.9. The van der Waals surface area contributed by atoms with Crippen LogP contribution in [-0.2, 0) is 11.3 Å². The Hall–Kier alpha value is -4.65. The standard InChI is InChI=1S/C33H30FNO5/c1-19-8-11-28(25(14-19)18-35-21(3)31(40-33(35)38)23-6-5-7-26(34)16-23)29-17-22(10-13-30(29)39-4)27-12-9-24(32(36)37)15-20(27)2/h5-17,21,31H,18H2,1-4H3,(H,36,37)/t21-,31-/m0/s1. The molecule has 0 radical (unpaired) electrons. The van der Waals surface area contributed by atoms with Crippen LogP contribution in [0.5, 0.6) is 5.75 Å². The molecule has 1 heterocycles. The minimum absolute atomic E-state index is 0.235. The molecule has 204 valence electrons. The summed E-state index contributed by atoms with van der Waals surface area (Å²) in [6.45, 7) is 6.08. The number of hydrogen-bond acceptors (Lipinski definition) is 4. The molecule has 1 amide bonds. The molecule has 7 heteroatoms. The lowest BCUT2D eigenvalue weighted by Gasteiger charge is -2.23. The van der Waals surface area contributed by atoms with E-state index >= 15 is 0 Å². The fourth-order valence-corrected chi connectivity index (χ4v) is 5.35. The van der Waals surface area contributed by atoms with Gasteiger partial charge in [-0.05, 0) is 90.6 Å². The summed E-state index contributed by atoms with van der Waals surface area (Å²) in [5.74, 6) is -0.674. The van der Waals surface area contributed by atoms with Gasteiger partial charge in [-0.25, -0.2) is 14.0 Å². The average Bonchev–Trinajstić information content (AvgIpc) is 3.21. The van der Waals surface area contributed by atoms with E-state index in [0.29, 0.717) is 17.9 Å². The zero-order valence-electron chi connectivity index (χ0n) is 22.8. The average molecular weight is 540 g/mol. The fourth-order valence-electron chi connectivity index (χ4n) is 5.35. The molecular weight excluding hydrogens is 509 g/mol. The first-order valence-corrected chi connectivity index (χ1v) is 13.0. The third kappa shape index (κ3) is 5.15. The van der Waals surface area contributed by atoms with Crippen LogP contribution in [0.1, 0.15) is 45.6 Å². The normalized spacial score (nSPS) is 16.6. The van der Waals surface area contributed by atoms with Crippen LogP contribution in [0, 0.1) is 19.7 Å². The number of aryl methyl sites for hydroxylation is 2. The molecule has 4 aromatic rings. The molecule has 0 unspecified atom stereocenters. The van der Waals surface area contributed by atoms with Gasteiger partial charge in [-0.3, -0.25) is 4.90 Å². The zero-order valence-corrected chi connectivity index (χ0v) is 22.8. The number of nitrogens with zero attached hydrogens (tertiary/aromatic N) is 1. The molecule has 1 aliphatic rings. The third-order valence-electron chi connectivity index (χ3n) is 7.44. The van der Waals surface area contributed by atoms with Gasteiger partial charge >= 0.3 is 12.1 Å². The van der Waals surface area contributed by atoms with Crippen LogP contribution in [0.2, 0.25) is 0 Å². The molecule has 0 spiro atoms. The maximum atomic E-state index is 13.9. The summed E-state index contributed by atoms with van der Waals surface area (Å²) in [5, 5.41) is 9.36. The van der Waals surface area contributed by atoms with Crippen LogP contribution in [-0.4, -0.2) is 35.2 Å². The summed E-state index contributed by atoms with van der Waals surface area (Å²) in [6.07, 6.45) is -1.03. The van der Waals surface area contributed by atoms with Crippen molar-refractivity contribution in [3.05, 3.63) is 112 Å². The summed E-state index contributed by atoms with van der Waals surface area (Å²) in [7, 11) is 1.61. The van der Waals surface area contributed by atoms with Crippen molar-refractivity contribution >= 4 is 12.1 Å². The van der Waals surface area contributed by atoms with Crippen molar-refractivity contribution in [1.82, 2.24) is 4.90 Å². The van der Waals surface area contributed by atoms with E-state index in [9.17, 15) is 19.1 Å². The molecule has 1 saturated heterocycles. The molecular formula is C33H30FNO5. The number of benzene rings is 4. The Morgan fingerprint density at radius 2 is 1.75 bits per heavy atom. The Morgan fingerprint density at radius 1 is 0.975 bits per heavy atom. The zero-order chi connectivity index (χ0) is 28.6. The molecule has 5 rings (SSSR count). The Morgan fingerprint density at radius 3 is 2.45 bits per heavy atom. The molecule has 0 bridgehead atoms. The molecule has 1 N–H and O–H groups in total.